The average molecular weight is 314 g/mol. The van der Waals surface area contributed by atoms with Gasteiger partial charge in [-0.1, -0.05) is 26.3 Å². The molecule has 1 heterocycles. The van der Waals surface area contributed by atoms with Gasteiger partial charge in [0.2, 0.25) is 0 Å². The van der Waals surface area contributed by atoms with Crippen LogP contribution in [-0.2, 0) is 6.42 Å². The third kappa shape index (κ3) is 3.95. The Morgan fingerprint density at radius 2 is 2.22 bits per heavy atom. The van der Waals surface area contributed by atoms with Gasteiger partial charge < -0.3 is 10.3 Å². The number of aromatic nitrogens is 2. The molecule has 1 aromatic heterocycles. The lowest BCUT2D eigenvalue weighted by atomic mass is 10.1. The minimum absolute atomic E-state index is 0.110. The molecular weight excluding hydrogens is 295 g/mol. The fourth-order valence-corrected chi connectivity index (χ4v) is 2.14. The predicted molar refractivity (Wildman–Crippen MR) is 87.2 cm³/mol. The van der Waals surface area contributed by atoms with Gasteiger partial charge in [-0.3, -0.25) is 4.79 Å². The second kappa shape index (κ2) is 7.05. The Morgan fingerprint density at radius 1 is 1.48 bits per heavy atom. The fourth-order valence-electron chi connectivity index (χ4n) is 2.14. The predicted octanol–water partition coefficient (Wildman–Crippen LogP) is 3.42. The van der Waals surface area contributed by atoms with Crippen molar-refractivity contribution < 1.29 is 4.39 Å². The molecule has 1 unspecified atom stereocenters. The van der Waals surface area contributed by atoms with Gasteiger partial charge in [0.05, 0.1) is 0 Å². The summed E-state index contributed by atoms with van der Waals surface area (Å²) in [4.78, 5) is 19.1. The molecule has 0 amide bonds. The van der Waals surface area contributed by atoms with Crippen LogP contribution in [0.25, 0.3) is 0 Å². The number of hydrogen-bond acceptors (Lipinski definition) is 4. The van der Waals surface area contributed by atoms with Crippen molar-refractivity contribution in [2.75, 3.05) is 5.32 Å². The molecule has 0 aliphatic carbocycles. The van der Waals surface area contributed by atoms with Crippen molar-refractivity contribution in [2.45, 2.75) is 33.6 Å². The summed E-state index contributed by atoms with van der Waals surface area (Å²) in [7, 11) is 0. The largest absolute Gasteiger partial charge is 0.339 e. The minimum atomic E-state index is -0.489. The van der Waals surface area contributed by atoms with Gasteiger partial charge in [0.15, 0.2) is 11.4 Å². The quantitative estimate of drug-likeness (QED) is 0.886. The molecule has 1 atom stereocenters. The monoisotopic (exact) mass is 314 g/mol. The van der Waals surface area contributed by atoms with Crippen molar-refractivity contribution in [2.24, 2.45) is 5.92 Å². The van der Waals surface area contributed by atoms with Crippen LogP contribution in [-0.4, -0.2) is 9.97 Å². The average Bonchev–Trinajstić information content (AvgIpc) is 2.50. The van der Waals surface area contributed by atoms with E-state index in [4.69, 9.17) is 0 Å². The standard InChI is InChI=1S/C17H19FN4O/c1-4-10(2)7-15-21-16(13(9-19)17(23)22-15)20-14-8-12(18)6-5-11(14)3/h5-6,8,10H,4,7H2,1-3H3,(H2,20,21,22,23). The highest BCUT2D eigenvalue weighted by molar-refractivity contribution is 5.64. The third-order valence-corrected chi connectivity index (χ3v) is 3.77. The van der Waals surface area contributed by atoms with Gasteiger partial charge in [0.1, 0.15) is 17.7 Å². The van der Waals surface area contributed by atoms with Gasteiger partial charge in [0, 0.05) is 12.1 Å². The summed E-state index contributed by atoms with van der Waals surface area (Å²) >= 11 is 0. The van der Waals surface area contributed by atoms with Gasteiger partial charge in [0.25, 0.3) is 5.56 Å². The zero-order valence-corrected chi connectivity index (χ0v) is 13.4. The molecule has 1 aromatic carbocycles. The Bertz CT molecular complexity index is 807. The van der Waals surface area contributed by atoms with Crippen LogP contribution in [0, 0.1) is 30.0 Å². The van der Waals surface area contributed by atoms with E-state index < -0.39 is 11.4 Å². The molecule has 0 bridgehead atoms. The second-order valence-corrected chi connectivity index (χ2v) is 5.65. The van der Waals surface area contributed by atoms with Crippen molar-refractivity contribution in [3.05, 3.63) is 51.3 Å². The summed E-state index contributed by atoms with van der Waals surface area (Å²) in [5.74, 6) is 0.624. The Balaban J connectivity index is 2.45. The number of aryl methyl sites for hydroxylation is 1. The molecule has 23 heavy (non-hydrogen) atoms. The molecule has 0 aliphatic rings. The van der Waals surface area contributed by atoms with E-state index >= 15 is 0 Å². The number of nitrogens with one attached hydrogen (secondary N) is 2. The van der Waals surface area contributed by atoms with Gasteiger partial charge in [-0.25, -0.2) is 9.37 Å². The number of halogens is 1. The van der Waals surface area contributed by atoms with Crippen molar-refractivity contribution >= 4 is 11.5 Å². The van der Waals surface area contributed by atoms with Crippen molar-refractivity contribution in [3.8, 4) is 6.07 Å². The zero-order chi connectivity index (χ0) is 17.0. The summed E-state index contributed by atoms with van der Waals surface area (Å²) in [6.07, 6.45) is 1.56. The fraction of sp³-hybridized carbons (Fsp3) is 0.353. The molecule has 0 radical (unpaired) electrons. The van der Waals surface area contributed by atoms with Crippen molar-refractivity contribution in [3.63, 3.8) is 0 Å². The molecule has 5 nitrogen and oxygen atoms in total. The van der Waals surface area contributed by atoms with Crippen LogP contribution in [0.1, 0.15) is 37.2 Å². The van der Waals surface area contributed by atoms with Crippen LogP contribution in [0.15, 0.2) is 23.0 Å². The molecule has 120 valence electrons. The number of nitriles is 1. The third-order valence-electron chi connectivity index (χ3n) is 3.77. The van der Waals surface area contributed by atoms with Crippen LogP contribution >= 0.6 is 0 Å². The Morgan fingerprint density at radius 3 is 2.87 bits per heavy atom. The number of aromatic amines is 1. The molecule has 2 N–H and O–H groups in total. The van der Waals surface area contributed by atoms with Gasteiger partial charge in [-0.15, -0.1) is 0 Å². The van der Waals surface area contributed by atoms with E-state index in [1.54, 1.807) is 13.0 Å². The van der Waals surface area contributed by atoms with Gasteiger partial charge in [-0.05, 0) is 30.5 Å². The molecule has 2 rings (SSSR count). The van der Waals surface area contributed by atoms with Crippen LogP contribution in [0.5, 0.6) is 0 Å². The Hall–Kier alpha value is -2.68. The Labute approximate surface area is 134 Å². The molecule has 0 saturated heterocycles. The summed E-state index contributed by atoms with van der Waals surface area (Å²) in [5, 5.41) is 12.1. The molecule has 0 fully saturated rings. The molecular formula is C17H19FN4O. The van der Waals surface area contributed by atoms with Gasteiger partial charge >= 0.3 is 0 Å². The van der Waals surface area contributed by atoms with E-state index in [-0.39, 0.29) is 11.4 Å². The summed E-state index contributed by atoms with van der Waals surface area (Å²) in [5.41, 5.74) is 0.675. The van der Waals surface area contributed by atoms with E-state index in [0.29, 0.717) is 23.9 Å². The molecule has 0 saturated carbocycles. The first-order chi connectivity index (χ1) is 10.9. The smallest absolute Gasteiger partial charge is 0.271 e. The molecule has 6 heteroatoms. The van der Waals surface area contributed by atoms with E-state index in [0.717, 1.165) is 12.0 Å². The maximum absolute atomic E-state index is 13.4. The van der Waals surface area contributed by atoms with Crippen LogP contribution in [0.4, 0.5) is 15.9 Å². The number of benzene rings is 1. The maximum atomic E-state index is 13.4. The SMILES string of the molecule is CCC(C)Cc1nc(Nc2cc(F)ccc2C)c(C#N)c(=O)[nH]1. The topological polar surface area (TPSA) is 81.6 Å². The van der Waals surface area contributed by atoms with E-state index in [9.17, 15) is 14.4 Å². The zero-order valence-electron chi connectivity index (χ0n) is 13.4. The minimum Gasteiger partial charge on any atom is -0.339 e. The number of rotatable bonds is 5. The van der Waals surface area contributed by atoms with Crippen molar-refractivity contribution in [1.82, 2.24) is 9.97 Å². The number of H-pyrrole nitrogens is 1. The van der Waals surface area contributed by atoms with Crippen LogP contribution < -0.4 is 10.9 Å². The second-order valence-electron chi connectivity index (χ2n) is 5.65. The Kier molecular flexibility index (Phi) is 5.12. The van der Waals surface area contributed by atoms with E-state index in [2.05, 4.69) is 29.1 Å². The highest BCUT2D eigenvalue weighted by atomic mass is 19.1. The van der Waals surface area contributed by atoms with E-state index in [1.807, 2.05) is 6.07 Å². The highest BCUT2D eigenvalue weighted by Crippen LogP contribution is 2.22. The number of hydrogen-bond donors (Lipinski definition) is 2. The summed E-state index contributed by atoms with van der Waals surface area (Å²) in [6.45, 7) is 5.92. The number of nitrogens with zero attached hydrogens (tertiary/aromatic N) is 2. The summed E-state index contributed by atoms with van der Waals surface area (Å²) in [6, 6.07) is 6.14. The van der Waals surface area contributed by atoms with E-state index in [1.165, 1.54) is 12.1 Å². The highest BCUT2D eigenvalue weighted by Gasteiger charge is 2.14. The lowest BCUT2D eigenvalue weighted by Crippen LogP contribution is -2.19. The maximum Gasteiger partial charge on any atom is 0.271 e. The van der Waals surface area contributed by atoms with Crippen LogP contribution in [0.3, 0.4) is 0 Å². The first-order valence-electron chi connectivity index (χ1n) is 7.51. The van der Waals surface area contributed by atoms with Crippen molar-refractivity contribution in [1.29, 1.82) is 5.26 Å². The van der Waals surface area contributed by atoms with Gasteiger partial charge in [-0.2, -0.15) is 5.26 Å². The molecule has 0 spiro atoms. The lowest BCUT2D eigenvalue weighted by molar-refractivity contribution is 0.542. The summed E-state index contributed by atoms with van der Waals surface area (Å²) < 4.78 is 13.4. The first-order valence-corrected chi connectivity index (χ1v) is 7.51. The van der Waals surface area contributed by atoms with Crippen LogP contribution in [0.2, 0.25) is 0 Å². The molecule has 2 aromatic rings. The lowest BCUT2D eigenvalue weighted by Gasteiger charge is -2.13. The normalized spacial score (nSPS) is 11.8. The molecule has 0 aliphatic heterocycles. The first kappa shape index (κ1) is 16.7. The number of anilines is 2.